The van der Waals surface area contributed by atoms with E-state index in [1.54, 1.807) is 6.07 Å². The molecule has 0 saturated heterocycles. The van der Waals surface area contributed by atoms with Crippen molar-refractivity contribution >= 4 is 0 Å². The van der Waals surface area contributed by atoms with Gasteiger partial charge in [-0.2, -0.15) is 0 Å². The molecule has 76 valence electrons. The summed E-state index contributed by atoms with van der Waals surface area (Å²) < 4.78 is 12.8. The highest BCUT2D eigenvalue weighted by Gasteiger charge is 2.25. The molecule has 1 unspecified atom stereocenters. The molecular weight excluding hydrogens is 179 g/mol. The van der Waals surface area contributed by atoms with Crippen LogP contribution in [0.2, 0.25) is 0 Å². The van der Waals surface area contributed by atoms with E-state index in [4.69, 9.17) is 0 Å². The van der Waals surface area contributed by atoms with Gasteiger partial charge in [0.15, 0.2) is 0 Å². The van der Waals surface area contributed by atoms with Crippen molar-refractivity contribution in [2.24, 2.45) is 5.92 Å². The standard InChI is InChI=1S/C12H15FO/c1-8-6-10(13)4-5-11(8)12(14)7-9-2-3-9/h4-6,9,12,14H,2-3,7H2,1H3. The predicted octanol–water partition coefficient (Wildman–Crippen LogP) is 2.97. The molecule has 1 atom stereocenters. The van der Waals surface area contributed by atoms with Gasteiger partial charge in [-0.3, -0.25) is 0 Å². The molecular formula is C12H15FO. The zero-order valence-electron chi connectivity index (χ0n) is 8.33. The smallest absolute Gasteiger partial charge is 0.123 e. The molecule has 0 heterocycles. The number of aliphatic hydroxyl groups excluding tert-OH is 1. The van der Waals surface area contributed by atoms with Crippen molar-refractivity contribution in [3.05, 3.63) is 35.1 Å². The lowest BCUT2D eigenvalue weighted by molar-refractivity contribution is 0.159. The van der Waals surface area contributed by atoms with Crippen LogP contribution in [-0.2, 0) is 0 Å². The Balaban J connectivity index is 2.13. The average Bonchev–Trinajstić information content (AvgIpc) is 2.87. The molecule has 2 rings (SSSR count). The average molecular weight is 194 g/mol. The van der Waals surface area contributed by atoms with Crippen molar-refractivity contribution in [2.45, 2.75) is 32.3 Å². The van der Waals surface area contributed by atoms with E-state index in [0.29, 0.717) is 5.92 Å². The normalized spacial score (nSPS) is 18.2. The van der Waals surface area contributed by atoms with Gasteiger partial charge in [-0.1, -0.05) is 18.9 Å². The van der Waals surface area contributed by atoms with Crippen LogP contribution in [0.4, 0.5) is 4.39 Å². The number of aryl methyl sites for hydroxylation is 1. The van der Waals surface area contributed by atoms with Gasteiger partial charge in [0.1, 0.15) is 5.82 Å². The van der Waals surface area contributed by atoms with E-state index in [-0.39, 0.29) is 5.82 Å². The first kappa shape index (κ1) is 9.66. The van der Waals surface area contributed by atoms with E-state index in [1.807, 2.05) is 6.92 Å². The summed E-state index contributed by atoms with van der Waals surface area (Å²) in [5, 5.41) is 9.88. The van der Waals surface area contributed by atoms with Crippen LogP contribution < -0.4 is 0 Å². The summed E-state index contributed by atoms with van der Waals surface area (Å²) in [5.41, 5.74) is 1.72. The van der Waals surface area contributed by atoms with Crippen molar-refractivity contribution in [1.82, 2.24) is 0 Å². The maximum atomic E-state index is 12.8. The minimum absolute atomic E-state index is 0.232. The Hall–Kier alpha value is -0.890. The first-order chi connectivity index (χ1) is 6.66. The van der Waals surface area contributed by atoms with Gasteiger partial charge < -0.3 is 5.11 Å². The first-order valence-corrected chi connectivity index (χ1v) is 5.11. The SMILES string of the molecule is Cc1cc(F)ccc1C(O)CC1CC1. The number of hydrogen-bond donors (Lipinski definition) is 1. The van der Waals surface area contributed by atoms with E-state index in [2.05, 4.69) is 0 Å². The third kappa shape index (κ3) is 2.13. The number of aliphatic hydroxyl groups is 1. The van der Waals surface area contributed by atoms with Crippen molar-refractivity contribution in [2.75, 3.05) is 0 Å². The van der Waals surface area contributed by atoms with E-state index in [0.717, 1.165) is 17.5 Å². The fourth-order valence-electron chi connectivity index (χ4n) is 1.81. The van der Waals surface area contributed by atoms with E-state index in [9.17, 15) is 9.50 Å². The summed E-state index contributed by atoms with van der Waals surface area (Å²) in [6.07, 6.45) is 2.88. The summed E-state index contributed by atoms with van der Waals surface area (Å²) >= 11 is 0. The topological polar surface area (TPSA) is 20.2 Å². The molecule has 0 radical (unpaired) electrons. The molecule has 14 heavy (non-hydrogen) atoms. The Bertz CT molecular complexity index is 331. The molecule has 1 aliphatic carbocycles. The Labute approximate surface area is 83.6 Å². The summed E-state index contributed by atoms with van der Waals surface area (Å²) in [7, 11) is 0. The molecule has 1 N–H and O–H groups in total. The van der Waals surface area contributed by atoms with Crippen LogP contribution in [0.1, 0.15) is 36.5 Å². The van der Waals surface area contributed by atoms with Gasteiger partial charge in [0.05, 0.1) is 6.10 Å². The van der Waals surface area contributed by atoms with Crippen LogP contribution in [0.15, 0.2) is 18.2 Å². The van der Waals surface area contributed by atoms with Crippen LogP contribution >= 0.6 is 0 Å². The minimum atomic E-state index is -0.414. The van der Waals surface area contributed by atoms with Crippen molar-refractivity contribution in [1.29, 1.82) is 0 Å². The zero-order valence-corrected chi connectivity index (χ0v) is 8.33. The van der Waals surface area contributed by atoms with Crippen molar-refractivity contribution in [3.8, 4) is 0 Å². The van der Waals surface area contributed by atoms with Gasteiger partial charge in [-0.15, -0.1) is 0 Å². The second-order valence-electron chi connectivity index (χ2n) is 4.20. The lowest BCUT2D eigenvalue weighted by atomic mass is 9.99. The van der Waals surface area contributed by atoms with Crippen molar-refractivity contribution < 1.29 is 9.50 Å². The molecule has 0 aromatic heterocycles. The zero-order chi connectivity index (χ0) is 10.1. The monoisotopic (exact) mass is 194 g/mol. The molecule has 1 aromatic rings. The Morgan fingerprint density at radius 1 is 1.50 bits per heavy atom. The summed E-state index contributed by atoms with van der Waals surface area (Å²) in [4.78, 5) is 0. The Morgan fingerprint density at radius 2 is 2.21 bits per heavy atom. The van der Waals surface area contributed by atoms with Gasteiger partial charge in [0.25, 0.3) is 0 Å². The van der Waals surface area contributed by atoms with Gasteiger partial charge in [-0.25, -0.2) is 4.39 Å². The molecule has 0 aliphatic heterocycles. The van der Waals surface area contributed by atoms with Gasteiger partial charge in [0, 0.05) is 0 Å². The highest BCUT2D eigenvalue weighted by atomic mass is 19.1. The Kier molecular flexibility index (Phi) is 2.55. The highest BCUT2D eigenvalue weighted by molar-refractivity contribution is 5.28. The van der Waals surface area contributed by atoms with Crippen molar-refractivity contribution in [3.63, 3.8) is 0 Å². The van der Waals surface area contributed by atoms with Gasteiger partial charge in [0.2, 0.25) is 0 Å². The number of hydrogen-bond acceptors (Lipinski definition) is 1. The third-order valence-electron chi connectivity index (χ3n) is 2.84. The molecule has 1 fully saturated rings. The first-order valence-electron chi connectivity index (χ1n) is 5.11. The van der Waals surface area contributed by atoms with Crippen LogP contribution in [0.5, 0.6) is 0 Å². The Morgan fingerprint density at radius 3 is 2.79 bits per heavy atom. The van der Waals surface area contributed by atoms with E-state index < -0.39 is 6.10 Å². The lowest BCUT2D eigenvalue weighted by Crippen LogP contribution is -2.01. The molecule has 1 saturated carbocycles. The fraction of sp³-hybridized carbons (Fsp3) is 0.500. The number of rotatable bonds is 3. The molecule has 1 aliphatic rings. The second kappa shape index (κ2) is 3.70. The minimum Gasteiger partial charge on any atom is -0.388 e. The van der Waals surface area contributed by atoms with Crippen LogP contribution in [0, 0.1) is 18.7 Å². The quantitative estimate of drug-likeness (QED) is 0.784. The molecule has 1 nitrogen and oxygen atoms in total. The maximum Gasteiger partial charge on any atom is 0.123 e. The summed E-state index contributed by atoms with van der Waals surface area (Å²) in [6, 6.07) is 4.58. The van der Waals surface area contributed by atoms with Crippen LogP contribution in [-0.4, -0.2) is 5.11 Å². The molecule has 2 heteroatoms. The largest absolute Gasteiger partial charge is 0.388 e. The van der Waals surface area contributed by atoms with E-state index in [1.165, 1.54) is 25.0 Å². The van der Waals surface area contributed by atoms with Gasteiger partial charge >= 0.3 is 0 Å². The highest BCUT2D eigenvalue weighted by Crippen LogP contribution is 2.38. The lowest BCUT2D eigenvalue weighted by Gasteiger charge is -2.12. The summed E-state index contributed by atoms with van der Waals surface area (Å²) in [6.45, 7) is 1.84. The molecule has 1 aromatic carbocycles. The van der Waals surface area contributed by atoms with Crippen LogP contribution in [0.3, 0.4) is 0 Å². The maximum absolute atomic E-state index is 12.8. The third-order valence-corrected chi connectivity index (χ3v) is 2.84. The predicted molar refractivity (Wildman–Crippen MR) is 53.4 cm³/mol. The number of benzene rings is 1. The van der Waals surface area contributed by atoms with Crippen LogP contribution in [0.25, 0.3) is 0 Å². The number of halogens is 1. The molecule has 0 spiro atoms. The fourth-order valence-corrected chi connectivity index (χ4v) is 1.81. The van der Waals surface area contributed by atoms with Gasteiger partial charge in [-0.05, 0) is 42.5 Å². The molecule has 0 bridgehead atoms. The second-order valence-corrected chi connectivity index (χ2v) is 4.20. The molecule has 0 amide bonds. The van der Waals surface area contributed by atoms with E-state index >= 15 is 0 Å². The summed E-state index contributed by atoms with van der Waals surface area (Å²) in [5.74, 6) is 0.458.